The Kier molecular flexibility index (Phi) is 6.68. The molecule has 0 saturated heterocycles. The van der Waals surface area contributed by atoms with Crippen molar-refractivity contribution in [2.24, 2.45) is 0 Å². The molecular weight excluding hydrogens is 441 g/mol. The normalized spacial score (nSPS) is 15.0. The molecule has 4 aromatic rings. The Morgan fingerprint density at radius 1 is 0.971 bits per heavy atom. The molecule has 7 heteroatoms. The lowest BCUT2D eigenvalue weighted by Gasteiger charge is -2.33. The van der Waals surface area contributed by atoms with E-state index in [0.717, 1.165) is 47.8 Å². The molecule has 1 aliphatic heterocycles. The molecule has 6 nitrogen and oxygen atoms in total. The summed E-state index contributed by atoms with van der Waals surface area (Å²) in [6.45, 7) is 4.25. The van der Waals surface area contributed by atoms with Gasteiger partial charge in [0.25, 0.3) is 0 Å². The zero-order valence-electron chi connectivity index (χ0n) is 19.9. The molecule has 5 rings (SSSR count). The number of nitrogens with zero attached hydrogens (tertiary/aromatic N) is 5. The van der Waals surface area contributed by atoms with Crippen molar-refractivity contribution in [1.82, 2.24) is 25.1 Å². The molecular formula is C28H28FN5O. The van der Waals surface area contributed by atoms with Crippen molar-refractivity contribution >= 4 is 5.57 Å². The van der Waals surface area contributed by atoms with E-state index in [0.29, 0.717) is 6.54 Å². The van der Waals surface area contributed by atoms with Crippen LogP contribution >= 0.6 is 0 Å². The maximum atomic E-state index is 13.4. The van der Waals surface area contributed by atoms with Crippen molar-refractivity contribution in [3.05, 3.63) is 113 Å². The molecule has 0 unspecified atom stereocenters. The first-order chi connectivity index (χ1) is 17.1. The minimum Gasteiger partial charge on any atom is -0.497 e. The number of methoxy groups -OCH3 is 1. The molecule has 0 fully saturated rings. The monoisotopic (exact) mass is 469 g/mol. The van der Waals surface area contributed by atoms with Crippen molar-refractivity contribution in [2.45, 2.75) is 25.9 Å². The number of aromatic nitrogens is 4. The first-order valence-corrected chi connectivity index (χ1v) is 11.8. The third kappa shape index (κ3) is 5.15. The van der Waals surface area contributed by atoms with Crippen LogP contribution in [0, 0.1) is 12.7 Å². The van der Waals surface area contributed by atoms with Crippen LogP contribution in [0.1, 0.15) is 40.5 Å². The average Bonchev–Trinajstić information content (AvgIpc) is 3.34. The summed E-state index contributed by atoms with van der Waals surface area (Å²) in [5, 5.41) is 12.9. The summed E-state index contributed by atoms with van der Waals surface area (Å²) >= 11 is 0. The number of benzene rings is 3. The number of ether oxygens (including phenoxy) is 1. The first-order valence-electron chi connectivity index (χ1n) is 11.8. The fraction of sp³-hybridized carbons (Fsp3) is 0.250. The average molecular weight is 470 g/mol. The van der Waals surface area contributed by atoms with E-state index in [-0.39, 0.29) is 11.9 Å². The zero-order valence-corrected chi connectivity index (χ0v) is 19.9. The Morgan fingerprint density at radius 2 is 1.71 bits per heavy atom. The Balaban J connectivity index is 1.45. The van der Waals surface area contributed by atoms with E-state index < -0.39 is 0 Å². The Bertz CT molecular complexity index is 1300. The van der Waals surface area contributed by atoms with Crippen LogP contribution in [0.4, 0.5) is 4.39 Å². The predicted octanol–water partition coefficient (Wildman–Crippen LogP) is 5.06. The van der Waals surface area contributed by atoms with Crippen molar-refractivity contribution in [3.63, 3.8) is 0 Å². The minimum atomic E-state index is -0.213. The Hall–Kier alpha value is -3.84. The van der Waals surface area contributed by atoms with E-state index in [1.807, 2.05) is 41.1 Å². The second-order valence-corrected chi connectivity index (χ2v) is 8.84. The first kappa shape index (κ1) is 22.9. The van der Waals surface area contributed by atoms with Gasteiger partial charge in [0.15, 0.2) is 5.82 Å². The lowest BCUT2D eigenvalue weighted by molar-refractivity contribution is 0.235. The van der Waals surface area contributed by atoms with Gasteiger partial charge in [-0.05, 0) is 70.3 Å². The van der Waals surface area contributed by atoms with Gasteiger partial charge < -0.3 is 4.74 Å². The van der Waals surface area contributed by atoms with Crippen LogP contribution in [0.5, 0.6) is 5.75 Å². The number of halogens is 1. The molecule has 3 aromatic carbocycles. The van der Waals surface area contributed by atoms with Gasteiger partial charge in [-0.15, -0.1) is 5.10 Å². The molecule has 178 valence electrons. The zero-order chi connectivity index (χ0) is 24.2. The Morgan fingerprint density at radius 3 is 2.37 bits per heavy atom. The minimum absolute atomic E-state index is 0.0881. The summed E-state index contributed by atoms with van der Waals surface area (Å²) in [6, 6.07) is 23.2. The number of aryl methyl sites for hydroxylation is 1. The lowest BCUT2D eigenvalue weighted by Crippen LogP contribution is -2.35. The van der Waals surface area contributed by atoms with Gasteiger partial charge >= 0.3 is 0 Å². The molecule has 2 heterocycles. The third-order valence-corrected chi connectivity index (χ3v) is 6.51. The van der Waals surface area contributed by atoms with Gasteiger partial charge in [-0.3, -0.25) is 4.90 Å². The van der Waals surface area contributed by atoms with Crippen LogP contribution in [0.25, 0.3) is 5.57 Å². The largest absolute Gasteiger partial charge is 0.497 e. The lowest BCUT2D eigenvalue weighted by atomic mass is 9.96. The second-order valence-electron chi connectivity index (χ2n) is 8.84. The summed E-state index contributed by atoms with van der Waals surface area (Å²) in [5.41, 5.74) is 5.77. The van der Waals surface area contributed by atoms with Gasteiger partial charge in [-0.2, -0.15) is 0 Å². The molecule has 0 saturated carbocycles. The van der Waals surface area contributed by atoms with Gasteiger partial charge in [0.05, 0.1) is 19.7 Å². The summed E-state index contributed by atoms with van der Waals surface area (Å²) in [4.78, 5) is 2.40. The summed E-state index contributed by atoms with van der Waals surface area (Å²) in [6.07, 6.45) is 3.10. The van der Waals surface area contributed by atoms with Gasteiger partial charge in [0.2, 0.25) is 0 Å². The van der Waals surface area contributed by atoms with Gasteiger partial charge in [0.1, 0.15) is 11.6 Å². The molecule has 1 aromatic heterocycles. The predicted molar refractivity (Wildman–Crippen MR) is 134 cm³/mol. The van der Waals surface area contributed by atoms with Crippen molar-refractivity contribution in [1.29, 1.82) is 0 Å². The summed E-state index contributed by atoms with van der Waals surface area (Å²) in [5.74, 6) is 1.42. The SMILES string of the molecule is COc1ccc(Cn2nnnc2[C@H](c2ccc(C)cc2)N2CC=C(c3ccc(F)cc3)CC2)cc1. The van der Waals surface area contributed by atoms with E-state index >= 15 is 0 Å². The van der Waals surface area contributed by atoms with Crippen LogP contribution in [0.2, 0.25) is 0 Å². The van der Waals surface area contributed by atoms with E-state index in [2.05, 4.69) is 57.7 Å². The van der Waals surface area contributed by atoms with E-state index in [9.17, 15) is 4.39 Å². The molecule has 35 heavy (non-hydrogen) atoms. The standard InChI is InChI=1S/C28H28FN5O/c1-20-3-7-24(8-4-20)27(33-17-15-23(16-18-33)22-9-11-25(29)12-10-22)28-30-31-32-34(28)19-21-5-13-26(35-2)14-6-21/h3-15,27H,16-19H2,1-2H3/t27-/m0/s1. The van der Waals surface area contributed by atoms with Gasteiger partial charge in [-0.25, -0.2) is 9.07 Å². The van der Waals surface area contributed by atoms with Crippen molar-refractivity contribution < 1.29 is 9.13 Å². The third-order valence-electron chi connectivity index (χ3n) is 6.51. The van der Waals surface area contributed by atoms with E-state index in [1.54, 1.807) is 7.11 Å². The van der Waals surface area contributed by atoms with Crippen LogP contribution < -0.4 is 4.74 Å². The number of hydrogen-bond donors (Lipinski definition) is 0. The second kappa shape index (κ2) is 10.2. The van der Waals surface area contributed by atoms with E-state index in [1.165, 1.54) is 23.3 Å². The maximum Gasteiger partial charge on any atom is 0.173 e. The fourth-order valence-electron chi connectivity index (χ4n) is 4.54. The Labute approximate surface area is 204 Å². The highest BCUT2D eigenvalue weighted by molar-refractivity contribution is 5.66. The molecule has 0 bridgehead atoms. The molecule has 0 spiro atoms. The van der Waals surface area contributed by atoms with Gasteiger partial charge in [-0.1, -0.05) is 60.2 Å². The quantitative estimate of drug-likeness (QED) is 0.379. The topological polar surface area (TPSA) is 56.1 Å². The van der Waals surface area contributed by atoms with E-state index in [4.69, 9.17) is 4.74 Å². The highest BCUT2D eigenvalue weighted by Gasteiger charge is 2.29. The molecule has 0 radical (unpaired) electrons. The summed E-state index contributed by atoms with van der Waals surface area (Å²) in [7, 11) is 1.66. The number of rotatable bonds is 7. The molecule has 0 amide bonds. The van der Waals surface area contributed by atoms with Crippen LogP contribution in [-0.4, -0.2) is 45.3 Å². The number of hydrogen-bond acceptors (Lipinski definition) is 5. The van der Waals surface area contributed by atoms with Crippen LogP contribution in [0.15, 0.2) is 78.9 Å². The summed E-state index contributed by atoms with van der Waals surface area (Å²) < 4.78 is 20.5. The molecule has 0 aliphatic carbocycles. The van der Waals surface area contributed by atoms with Crippen molar-refractivity contribution in [2.75, 3.05) is 20.2 Å². The van der Waals surface area contributed by atoms with Crippen LogP contribution in [-0.2, 0) is 6.54 Å². The maximum absolute atomic E-state index is 13.4. The fourth-order valence-corrected chi connectivity index (χ4v) is 4.54. The number of tetrazole rings is 1. The molecule has 1 atom stereocenters. The van der Waals surface area contributed by atoms with Gasteiger partial charge in [0, 0.05) is 13.1 Å². The molecule has 1 aliphatic rings. The van der Waals surface area contributed by atoms with Crippen molar-refractivity contribution in [3.8, 4) is 5.75 Å². The van der Waals surface area contributed by atoms with Crippen LogP contribution in [0.3, 0.4) is 0 Å². The highest BCUT2D eigenvalue weighted by atomic mass is 19.1. The molecule has 0 N–H and O–H groups in total. The highest BCUT2D eigenvalue weighted by Crippen LogP contribution is 2.32. The smallest absolute Gasteiger partial charge is 0.173 e.